The van der Waals surface area contributed by atoms with Gasteiger partial charge in [0.25, 0.3) is 0 Å². The van der Waals surface area contributed by atoms with E-state index in [0.29, 0.717) is 5.92 Å². The topological polar surface area (TPSA) is 25.2 Å². The average Bonchev–Trinajstić information content (AvgIpc) is 2.92. The maximum atomic E-state index is 5.13. The predicted octanol–water partition coefficient (Wildman–Crippen LogP) is 4.47. The Morgan fingerprint density at radius 2 is 1.75 bits per heavy atom. The Balaban J connectivity index is 2.04. The summed E-state index contributed by atoms with van der Waals surface area (Å²) in [6.07, 6.45) is 3.49. The quantitative estimate of drug-likeness (QED) is 0.838. The highest BCUT2D eigenvalue weighted by Gasteiger charge is 2.20. The van der Waals surface area contributed by atoms with Gasteiger partial charge >= 0.3 is 0 Å². The lowest BCUT2D eigenvalue weighted by molar-refractivity contribution is 0.443. The van der Waals surface area contributed by atoms with Crippen molar-refractivity contribution in [1.82, 2.24) is 5.32 Å². The van der Waals surface area contributed by atoms with Crippen LogP contribution in [0.5, 0.6) is 0 Å². The maximum Gasteiger partial charge on any atom is 0.0980 e. The van der Waals surface area contributed by atoms with Crippen molar-refractivity contribution in [3.63, 3.8) is 0 Å². The summed E-state index contributed by atoms with van der Waals surface area (Å²) in [6, 6.07) is 10.8. The number of nitrogens with one attached hydrogen (secondary N) is 1. The summed E-state index contributed by atoms with van der Waals surface area (Å²) in [5.41, 5.74) is 3.84. The minimum atomic E-state index is 0.143. The van der Waals surface area contributed by atoms with E-state index >= 15 is 0 Å². The van der Waals surface area contributed by atoms with Gasteiger partial charge in [0.15, 0.2) is 0 Å². The highest BCUT2D eigenvalue weighted by atomic mass is 16.3. The smallest absolute Gasteiger partial charge is 0.0980 e. The molecular weight excluding hydrogens is 246 g/mol. The second-order valence-corrected chi connectivity index (χ2v) is 6.50. The SMILES string of the molecule is CC(C)CNCC(C)(C)c1ccc(-c2ccoc2)cc1. The lowest BCUT2D eigenvalue weighted by atomic mass is 9.84. The van der Waals surface area contributed by atoms with Crippen LogP contribution in [0.1, 0.15) is 33.3 Å². The average molecular weight is 271 g/mol. The van der Waals surface area contributed by atoms with Gasteiger partial charge in [-0.1, -0.05) is 52.0 Å². The Morgan fingerprint density at radius 3 is 2.30 bits per heavy atom. The zero-order valence-corrected chi connectivity index (χ0v) is 12.9. The number of benzene rings is 1. The molecule has 0 saturated heterocycles. The fourth-order valence-electron chi connectivity index (χ4n) is 2.32. The number of hydrogen-bond donors (Lipinski definition) is 1. The first-order valence-electron chi connectivity index (χ1n) is 7.33. The standard InChI is InChI=1S/C18H25NO/c1-14(2)11-19-13-18(3,4)17-7-5-15(6-8-17)16-9-10-20-12-16/h5-10,12,14,19H,11,13H2,1-4H3. The molecule has 0 amide bonds. The normalized spacial score (nSPS) is 12.1. The Bertz CT molecular complexity index is 509. The number of furan rings is 1. The zero-order chi connectivity index (χ0) is 14.6. The molecule has 0 spiro atoms. The van der Waals surface area contributed by atoms with E-state index in [1.807, 2.05) is 6.07 Å². The molecular formula is C18H25NO. The molecule has 108 valence electrons. The summed E-state index contributed by atoms with van der Waals surface area (Å²) in [5, 5.41) is 3.55. The first-order chi connectivity index (χ1) is 9.49. The molecule has 1 aromatic heterocycles. The van der Waals surface area contributed by atoms with Crippen LogP contribution in [-0.2, 0) is 5.41 Å². The van der Waals surface area contributed by atoms with Crippen molar-refractivity contribution in [3.05, 3.63) is 48.4 Å². The minimum absolute atomic E-state index is 0.143. The van der Waals surface area contributed by atoms with Crippen LogP contribution in [0.4, 0.5) is 0 Å². The predicted molar refractivity (Wildman–Crippen MR) is 84.9 cm³/mol. The highest BCUT2D eigenvalue weighted by molar-refractivity contribution is 5.62. The van der Waals surface area contributed by atoms with Gasteiger partial charge in [0.05, 0.1) is 12.5 Å². The van der Waals surface area contributed by atoms with Crippen molar-refractivity contribution < 1.29 is 4.42 Å². The monoisotopic (exact) mass is 271 g/mol. The van der Waals surface area contributed by atoms with Crippen molar-refractivity contribution in [2.75, 3.05) is 13.1 Å². The molecule has 0 saturated carbocycles. The van der Waals surface area contributed by atoms with Crippen LogP contribution in [0.15, 0.2) is 47.3 Å². The van der Waals surface area contributed by atoms with Gasteiger partial charge < -0.3 is 9.73 Å². The molecule has 0 aliphatic heterocycles. The van der Waals surface area contributed by atoms with Crippen molar-refractivity contribution in [1.29, 1.82) is 0 Å². The van der Waals surface area contributed by atoms with E-state index in [9.17, 15) is 0 Å². The molecule has 2 nitrogen and oxygen atoms in total. The molecule has 2 aromatic rings. The summed E-state index contributed by atoms with van der Waals surface area (Å²) in [7, 11) is 0. The van der Waals surface area contributed by atoms with Gasteiger partial charge in [-0.05, 0) is 29.7 Å². The van der Waals surface area contributed by atoms with Crippen LogP contribution in [-0.4, -0.2) is 13.1 Å². The summed E-state index contributed by atoms with van der Waals surface area (Å²) >= 11 is 0. The van der Waals surface area contributed by atoms with E-state index in [2.05, 4.69) is 57.3 Å². The van der Waals surface area contributed by atoms with E-state index in [0.717, 1.165) is 18.7 Å². The molecule has 0 fully saturated rings. The van der Waals surface area contributed by atoms with Crippen LogP contribution in [0.25, 0.3) is 11.1 Å². The fraction of sp³-hybridized carbons (Fsp3) is 0.444. The van der Waals surface area contributed by atoms with Gasteiger partial charge in [0.2, 0.25) is 0 Å². The fourth-order valence-corrected chi connectivity index (χ4v) is 2.32. The molecule has 2 rings (SSSR count). The lowest BCUT2D eigenvalue weighted by Crippen LogP contribution is -2.34. The Labute approximate surface area is 122 Å². The van der Waals surface area contributed by atoms with Crippen LogP contribution in [0.2, 0.25) is 0 Å². The molecule has 0 unspecified atom stereocenters. The van der Waals surface area contributed by atoms with Gasteiger partial charge in [0.1, 0.15) is 0 Å². The van der Waals surface area contributed by atoms with Crippen molar-refractivity contribution in [3.8, 4) is 11.1 Å². The molecule has 2 heteroatoms. The van der Waals surface area contributed by atoms with Crippen LogP contribution >= 0.6 is 0 Å². The van der Waals surface area contributed by atoms with Gasteiger partial charge in [0, 0.05) is 17.5 Å². The summed E-state index contributed by atoms with van der Waals surface area (Å²) in [4.78, 5) is 0. The number of hydrogen-bond acceptors (Lipinski definition) is 2. The third-order valence-corrected chi connectivity index (χ3v) is 3.64. The molecule has 0 atom stereocenters. The first kappa shape index (κ1) is 14.9. The zero-order valence-electron chi connectivity index (χ0n) is 12.9. The lowest BCUT2D eigenvalue weighted by Gasteiger charge is -2.26. The van der Waals surface area contributed by atoms with Crippen molar-refractivity contribution in [2.24, 2.45) is 5.92 Å². The molecule has 1 heterocycles. The molecule has 1 N–H and O–H groups in total. The third-order valence-electron chi connectivity index (χ3n) is 3.64. The Kier molecular flexibility index (Phi) is 4.66. The van der Waals surface area contributed by atoms with Crippen molar-refractivity contribution >= 4 is 0 Å². The minimum Gasteiger partial charge on any atom is -0.472 e. The van der Waals surface area contributed by atoms with E-state index in [1.165, 1.54) is 11.1 Å². The van der Waals surface area contributed by atoms with Gasteiger partial charge in [-0.3, -0.25) is 0 Å². The van der Waals surface area contributed by atoms with Crippen LogP contribution in [0.3, 0.4) is 0 Å². The first-order valence-corrected chi connectivity index (χ1v) is 7.33. The second-order valence-electron chi connectivity index (χ2n) is 6.50. The molecule has 20 heavy (non-hydrogen) atoms. The molecule has 1 aromatic carbocycles. The van der Waals surface area contributed by atoms with E-state index in [4.69, 9.17) is 4.42 Å². The summed E-state index contributed by atoms with van der Waals surface area (Å²) in [5.74, 6) is 0.689. The van der Waals surface area contributed by atoms with Gasteiger partial charge in [-0.2, -0.15) is 0 Å². The summed E-state index contributed by atoms with van der Waals surface area (Å²) in [6.45, 7) is 11.1. The third kappa shape index (κ3) is 3.73. The molecule has 0 aliphatic rings. The molecule has 0 aliphatic carbocycles. The second kappa shape index (κ2) is 6.27. The summed E-state index contributed by atoms with van der Waals surface area (Å²) < 4.78 is 5.13. The Hall–Kier alpha value is -1.54. The van der Waals surface area contributed by atoms with Crippen LogP contribution in [0, 0.1) is 5.92 Å². The van der Waals surface area contributed by atoms with Crippen molar-refractivity contribution in [2.45, 2.75) is 33.1 Å². The van der Waals surface area contributed by atoms with Gasteiger partial charge in [-0.15, -0.1) is 0 Å². The molecule has 0 bridgehead atoms. The number of rotatable bonds is 6. The maximum absolute atomic E-state index is 5.13. The van der Waals surface area contributed by atoms with Crippen LogP contribution < -0.4 is 5.32 Å². The molecule has 0 radical (unpaired) electrons. The van der Waals surface area contributed by atoms with E-state index in [1.54, 1.807) is 12.5 Å². The van der Waals surface area contributed by atoms with E-state index in [-0.39, 0.29) is 5.41 Å². The van der Waals surface area contributed by atoms with Gasteiger partial charge in [-0.25, -0.2) is 0 Å². The highest BCUT2D eigenvalue weighted by Crippen LogP contribution is 2.26. The van der Waals surface area contributed by atoms with E-state index < -0.39 is 0 Å². The Morgan fingerprint density at radius 1 is 1.05 bits per heavy atom. The largest absolute Gasteiger partial charge is 0.472 e.